The third-order valence-corrected chi connectivity index (χ3v) is 9.65. The second-order valence-electron chi connectivity index (χ2n) is 11.1. The lowest BCUT2D eigenvalue weighted by molar-refractivity contribution is -0.0517. The van der Waals surface area contributed by atoms with Crippen LogP contribution in [0.1, 0.15) is 6.23 Å². The third kappa shape index (κ3) is 8.35. The zero-order chi connectivity index (χ0) is 38.1. The minimum absolute atomic E-state index is 0.0674. The number of ether oxygens (including phenoxy) is 2. The number of aromatic nitrogens is 6. The van der Waals surface area contributed by atoms with Gasteiger partial charge in [0, 0.05) is 13.2 Å². The Labute approximate surface area is 290 Å². The van der Waals surface area contributed by atoms with Crippen LogP contribution in [-0.2, 0) is 36.7 Å². The average Bonchev–Trinajstić information content (AvgIpc) is 3.71. The van der Waals surface area contributed by atoms with Crippen molar-refractivity contribution in [3.63, 3.8) is 0 Å². The first-order valence-corrected chi connectivity index (χ1v) is 17.9. The van der Waals surface area contributed by atoms with Crippen molar-refractivity contribution in [2.75, 3.05) is 55.2 Å². The molecule has 0 amide bonds. The Balaban J connectivity index is 1.08. The number of imidazole rings is 1. The predicted molar refractivity (Wildman–Crippen MR) is 174 cm³/mol. The lowest BCUT2D eigenvalue weighted by Crippen LogP contribution is -2.42. The third-order valence-electron chi connectivity index (χ3n) is 7.68. The summed E-state index contributed by atoms with van der Waals surface area (Å²) in [4.78, 5) is 62.0. The molecule has 2 fully saturated rings. The molecule has 10 atom stereocenters. The highest BCUT2D eigenvalue weighted by atomic mass is 31.2. The molecule has 26 nitrogen and oxygen atoms in total. The van der Waals surface area contributed by atoms with E-state index in [1.54, 1.807) is 0 Å². The van der Waals surface area contributed by atoms with Crippen LogP contribution in [0.2, 0.25) is 0 Å². The van der Waals surface area contributed by atoms with Crippen molar-refractivity contribution < 1.29 is 66.9 Å². The van der Waals surface area contributed by atoms with Crippen molar-refractivity contribution in [2.45, 2.75) is 49.1 Å². The number of fused-ring (bicyclic) bond motifs is 1. The quantitative estimate of drug-likeness (QED) is 0.0493. The molecule has 28 heteroatoms. The van der Waals surface area contributed by atoms with Gasteiger partial charge in [-0.05, 0) is 0 Å². The van der Waals surface area contributed by atoms with E-state index < -0.39 is 102 Å². The molecule has 0 saturated carbocycles. The summed E-state index contributed by atoms with van der Waals surface area (Å²) in [7, 11) is -8.39. The summed E-state index contributed by atoms with van der Waals surface area (Å²) in [6.45, 7) is 0.436. The van der Waals surface area contributed by atoms with Crippen molar-refractivity contribution in [1.82, 2.24) is 29.5 Å². The van der Waals surface area contributed by atoms with Crippen molar-refractivity contribution in [3.05, 3.63) is 39.8 Å². The van der Waals surface area contributed by atoms with E-state index in [1.807, 2.05) is 0 Å². The van der Waals surface area contributed by atoms with Gasteiger partial charge in [0.15, 0.2) is 29.4 Å². The highest BCUT2D eigenvalue weighted by Crippen LogP contribution is 2.47. The van der Waals surface area contributed by atoms with Crippen LogP contribution in [0.15, 0.2) is 28.7 Å². The maximum atomic E-state index is 12.4. The Morgan fingerprint density at radius 1 is 0.923 bits per heavy atom. The number of aliphatic hydroxyl groups is 4. The fraction of sp³-hybridized carbons (Fsp3) is 0.542. The van der Waals surface area contributed by atoms with Crippen molar-refractivity contribution >= 4 is 50.2 Å². The van der Waals surface area contributed by atoms with Gasteiger partial charge in [-0.2, -0.15) is 9.97 Å². The summed E-state index contributed by atoms with van der Waals surface area (Å²) in [5.41, 5.74) is 9.62. The van der Waals surface area contributed by atoms with Gasteiger partial charge >= 0.3 is 15.6 Å². The SMILES string of the molecule is C=CN(c1nc(N)[nH]c(=O)c1NC)[C@@H]1O[C@H](COP(=O)(O)OCCOP(=O)(O)OCC2OC(n3cnc4c(=O)[nH]c(N)nc43)[C@H](O)[C@@H]2O)C(O)C1O. The van der Waals surface area contributed by atoms with E-state index in [4.69, 9.17) is 39.0 Å². The number of nitrogens with two attached hydrogens (primary N) is 2. The molecule has 0 aliphatic carbocycles. The summed E-state index contributed by atoms with van der Waals surface area (Å²) in [5.74, 6) is -0.635. The van der Waals surface area contributed by atoms with Gasteiger partial charge < -0.3 is 61.4 Å². The van der Waals surface area contributed by atoms with Crippen LogP contribution < -0.4 is 32.8 Å². The van der Waals surface area contributed by atoms with Crippen molar-refractivity contribution in [3.8, 4) is 0 Å². The number of anilines is 4. The van der Waals surface area contributed by atoms with Gasteiger partial charge in [-0.15, -0.1) is 0 Å². The summed E-state index contributed by atoms with van der Waals surface area (Å²) in [6, 6.07) is 0. The van der Waals surface area contributed by atoms with E-state index in [0.717, 1.165) is 22.0 Å². The molecule has 2 aliphatic rings. The second-order valence-corrected chi connectivity index (χ2v) is 14.0. The lowest BCUT2D eigenvalue weighted by atomic mass is 10.1. The number of aromatic amines is 2. The van der Waals surface area contributed by atoms with E-state index in [-0.39, 0.29) is 34.6 Å². The molecule has 5 heterocycles. The molecule has 0 spiro atoms. The lowest BCUT2D eigenvalue weighted by Gasteiger charge is -2.29. The summed E-state index contributed by atoms with van der Waals surface area (Å²) >= 11 is 0. The smallest absolute Gasteiger partial charge is 0.387 e. The molecule has 2 saturated heterocycles. The van der Waals surface area contributed by atoms with Crippen molar-refractivity contribution in [2.24, 2.45) is 0 Å². The Morgan fingerprint density at radius 2 is 1.48 bits per heavy atom. The predicted octanol–water partition coefficient (Wildman–Crippen LogP) is -3.61. The van der Waals surface area contributed by atoms with Gasteiger partial charge in [-0.3, -0.25) is 42.2 Å². The number of nitrogens with one attached hydrogen (secondary N) is 3. The number of phosphoric ester groups is 2. The molecule has 3 aromatic heterocycles. The van der Waals surface area contributed by atoms with E-state index in [2.05, 4.69) is 36.8 Å². The number of H-pyrrole nitrogens is 2. The Hall–Kier alpha value is -3.85. The van der Waals surface area contributed by atoms with Gasteiger partial charge in [0.05, 0.1) is 32.8 Å². The van der Waals surface area contributed by atoms with Gasteiger partial charge in [-0.25, -0.2) is 14.1 Å². The number of nitrogens with zero attached hydrogens (tertiary/aromatic N) is 5. The molecule has 3 aromatic rings. The number of phosphoric acid groups is 2. The molecular formula is C24H36N10O16P2. The molecule has 5 rings (SSSR count). The number of rotatable bonds is 16. The maximum absolute atomic E-state index is 12.4. The minimum Gasteiger partial charge on any atom is -0.387 e. The molecule has 0 bridgehead atoms. The molecule has 6 unspecified atom stereocenters. The maximum Gasteiger partial charge on any atom is 0.472 e. The molecule has 52 heavy (non-hydrogen) atoms. The fourth-order valence-electron chi connectivity index (χ4n) is 5.24. The van der Waals surface area contributed by atoms with Crippen LogP contribution in [0.3, 0.4) is 0 Å². The summed E-state index contributed by atoms with van der Waals surface area (Å²) < 4.78 is 56.3. The zero-order valence-corrected chi connectivity index (χ0v) is 28.6. The van der Waals surface area contributed by atoms with Crippen LogP contribution in [0.25, 0.3) is 11.2 Å². The first-order chi connectivity index (χ1) is 24.5. The van der Waals surface area contributed by atoms with E-state index in [0.29, 0.717) is 0 Å². The fourth-order valence-corrected chi connectivity index (χ4v) is 6.67. The Bertz CT molecular complexity index is 1980. The average molecular weight is 783 g/mol. The standard InChI is InChI=1S/C24H36N10O16P2/c1-3-33(17-11(27-2)19(39)31-23(25)29-17)21-15(37)13(35)9(49-21)6-47-51(41,42)45-4-5-46-52(43,44)48-7-10-14(36)16(38)22(50-10)34-8-28-12-18(34)30-24(26)32-20(12)40/h3,8-10,13-16,21-22,27,35-38H,1,4-7H2,2H3,(H,41,42)(H,43,44)(H3,25,29,31,39)(H3,26,30,32,40)/t9-,10?,13?,14-,15?,16-,21-,22?/m1/s1. The summed E-state index contributed by atoms with van der Waals surface area (Å²) in [5, 5.41) is 44.8. The molecule has 0 aromatic carbocycles. The Morgan fingerprint density at radius 3 is 2.08 bits per heavy atom. The molecule has 0 radical (unpaired) electrons. The summed E-state index contributed by atoms with van der Waals surface area (Å²) in [6.07, 6.45) is -9.92. The highest BCUT2D eigenvalue weighted by Gasteiger charge is 2.48. The molecule has 13 N–H and O–H groups in total. The second kappa shape index (κ2) is 15.6. The first-order valence-electron chi connectivity index (χ1n) is 14.9. The van der Waals surface area contributed by atoms with Crippen LogP contribution in [0.5, 0.6) is 0 Å². The monoisotopic (exact) mass is 782 g/mol. The molecular weight excluding hydrogens is 746 g/mol. The molecule has 288 valence electrons. The number of nitrogen functional groups attached to an aromatic ring is 2. The van der Waals surface area contributed by atoms with Crippen molar-refractivity contribution in [1.29, 1.82) is 0 Å². The van der Waals surface area contributed by atoms with Gasteiger partial charge in [0.2, 0.25) is 11.9 Å². The van der Waals surface area contributed by atoms with Gasteiger partial charge in [0.25, 0.3) is 11.1 Å². The minimum atomic E-state index is -4.92. The number of aliphatic hydroxyl groups excluding tert-OH is 4. The van der Waals surface area contributed by atoms with E-state index >= 15 is 0 Å². The van der Waals surface area contributed by atoms with Gasteiger partial charge in [-0.1, -0.05) is 6.58 Å². The van der Waals surface area contributed by atoms with E-state index in [1.165, 1.54) is 7.05 Å². The van der Waals surface area contributed by atoms with Crippen LogP contribution in [0.4, 0.5) is 23.4 Å². The van der Waals surface area contributed by atoms with E-state index in [9.17, 15) is 48.9 Å². The van der Waals surface area contributed by atoms with Gasteiger partial charge in [0.1, 0.15) is 42.3 Å². The molecule has 2 aliphatic heterocycles. The highest BCUT2D eigenvalue weighted by molar-refractivity contribution is 7.47. The number of hydrogen-bond donors (Lipinski definition) is 11. The van der Waals surface area contributed by atoms with Crippen LogP contribution >= 0.6 is 15.6 Å². The zero-order valence-electron chi connectivity index (χ0n) is 26.9. The normalized spacial score (nSPS) is 28.4. The number of hydrogen-bond acceptors (Lipinski definition) is 21. The Kier molecular flexibility index (Phi) is 11.8. The largest absolute Gasteiger partial charge is 0.472 e. The topological polar surface area (TPSA) is 388 Å². The first kappa shape index (κ1) is 39.4. The van der Waals surface area contributed by atoms with Crippen LogP contribution in [-0.4, -0.2) is 136 Å². The van der Waals surface area contributed by atoms with Crippen LogP contribution in [0, 0.1) is 0 Å².